The zero-order chi connectivity index (χ0) is 16.9. The van der Waals surface area contributed by atoms with Crippen molar-refractivity contribution in [2.45, 2.75) is 31.3 Å². The molecule has 5 heteroatoms. The van der Waals surface area contributed by atoms with Gasteiger partial charge in [-0.25, -0.2) is 0 Å². The molecule has 2 heterocycles. The van der Waals surface area contributed by atoms with Crippen LogP contribution in [0.4, 0.5) is 5.69 Å². The van der Waals surface area contributed by atoms with Crippen molar-refractivity contribution in [3.05, 3.63) is 41.2 Å². The second-order valence-electron chi connectivity index (χ2n) is 6.68. The summed E-state index contributed by atoms with van der Waals surface area (Å²) in [7, 11) is 1.74. The predicted octanol–water partition coefficient (Wildman–Crippen LogP) is 3.00. The van der Waals surface area contributed by atoms with Crippen LogP contribution in [0.5, 0.6) is 0 Å². The normalized spacial score (nSPS) is 31.1. The van der Waals surface area contributed by atoms with Crippen LogP contribution in [0.3, 0.4) is 0 Å². The number of hydrogen-bond donors (Lipinski definition) is 0. The van der Waals surface area contributed by atoms with Crippen LogP contribution in [0.15, 0.2) is 35.6 Å². The van der Waals surface area contributed by atoms with Gasteiger partial charge in [0.05, 0.1) is 17.3 Å². The van der Waals surface area contributed by atoms with Crippen molar-refractivity contribution in [3.63, 3.8) is 0 Å². The number of allylic oxidation sites excluding steroid dienone is 2. The Kier molecular flexibility index (Phi) is 3.15. The number of carbonyl (C=O) groups is 1. The van der Waals surface area contributed by atoms with Crippen molar-refractivity contribution in [1.82, 2.24) is 0 Å². The number of fused-ring (bicyclic) bond motifs is 4. The van der Waals surface area contributed by atoms with E-state index in [0.717, 1.165) is 36.9 Å². The molecule has 1 saturated carbocycles. The van der Waals surface area contributed by atoms with Gasteiger partial charge in [-0.1, -0.05) is 31.0 Å². The van der Waals surface area contributed by atoms with Gasteiger partial charge in [-0.15, -0.1) is 0 Å². The molecule has 3 aliphatic rings. The summed E-state index contributed by atoms with van der Waals surface area (Å²) in [6, 6.07) is 11.8. The quantitative estimate of drug-likeness (QED) is 0.736. The summed E-state index contributed by atoms with van der Waals surface area (Å²) in [5, 5.41) is 19.1. The first kappa shape index (κ1) is 14.8. The van der Waals surface area contributed by atoms with Crippen LogP contribution >= 0.6 is 0 Å². The minimum absolute atomic E-state index is 0.0131. The summed E-state index contributed by atoms with van der Waals surface area (Å²) in [6.45, 7) is 0. The Morgan fingerprint density at radius 1 is 1.21 bits per heavy atom. The number of carbonyl (C=O) groups excluding carboxylic acids is 1. The van der Waals surface area contributed by atoms with Crippen molar-refractivity contribution >= 4 is 11.6 Å². The van der Waals surface area contributed by atoms with E-state index in [1.54, 1.807) is 11.9 Å². The first-order valence-electron chi connectivity index (χ1n) is 8.26. The monoisotopic (exact) mass is 319 g/mol. The Balaban J connectivity index is 1.99. The van der Waals surface area contributed by atoms with Crippen molar-refractivity contribution < 1.29 is 9.53 Å². The zero-order valence-corrected chi connectivity index (χ0v) is 13.5. The third kappa shape index (κ3) is 1.65. The lowest BCUT2D eigenvalue weighted by atomic mass is 9.64. The summed E-state index contributed by atoms with van der Waals surface area (Å²) < 4.78 is 6.07. The summed E-state index contributed by atoms with van der Waals surface area (Å²) in [5.74, 6) is -0.309. The fourth-order valence-electron chi connectivity index (χ4n) is 4.65. The lowest BCUT2D eigenvalue weighted by molar-refractivity contribution is -0.152. The van der Waals surface area contributed by atoms with Gasteiger partial charge in [-0.3, -0.25) is 4.79 Å². The van der Waals surface area contributed by atoms with Crippen LogP contribution in [0.25, 0.3) is 0 Å². The Hall–Kier alpha value is -2.79. The van der Waals surface area contributed by atoms with Crippen LogP contribution in [0, 0.1) is 34.5 Å². The first-order chi connectivity index (χ1) is 11.6. The molecule has 2 aliphatic heterocycles. The maximum Gasteiger partial charge on any atom is 0.276 e. The number of benzene rings is 1. The van der Waals surface area contributed by atoms with E-state index in [1.807, 2.05) is 30.3 Å². The molecule has 0 bridgehead atoms. The maximum atomic E-state index is 13.2. The summed E-state index contributed by atoms with van der Waals surface area (Å²) in [5.41, 5.74) is 0.887. The highest BCUT2D eigenvalue weighted by Crippen LogP contribution is 2.57. The standard InChI is InChI=1S/C19H17N3O2/c1-22-16-9-5-4-8-15(16)19(18(22)23)14-7-3-2-6-12(14)13(10-20)17(11-21)24-19/h4-5,8-9,12,14H,2-3,6-7H2,1H3. The topological polar surface area (TPSA) is 77.1 Å². The maximum absolute atomic E-state index is 13.2. The zero-order valence-electron chi connectivity index (χ0n) is 13.5. The summed E-state index contributed by atoms with van der Waals surface area (Å²) >= 11 is 0. The number of anilines is 1. The van der Waals surface area contributed by atoms with E-state index in [0.29, 0.717) is 5.57 Å². The van der Waals surface area contributed by atoms with Gasteiger partial charge in [-0.2, -0.15) is 10.5 Å². The molecule has 4 rings (SSSR count). The molecule has 1 fully saturated rings. The SMILES string of the molecule is CN1C(=O)C2(OC(C#N)=C(C#N)C3CCCCC32)c2ccccc21. The third-order valence-corrected chi connectivity index (χ3v) is 5.68. The predicted molar refractivity (Wildman–Crippen MR) is 86.3 cm³/mol. The van der Waals surface area contributed by atoms with Gasteiger partial charge in [0.2, 0.25) is 11.4 Å². The molecule has 1 aromatic rings. The number of nitriles is 2. The Morgan fingerprint density at radius 3 is 2.71 bits per heavy atom. The highest BCUT2D eigenvalue weighted by Gasteiger charge is 2.62. The molecule has 3 atom stereocenters. The van der Waals surface area contributed by atoms with Crippen molar-refractivity contribution in [2.24, 2.45) is 11.8 Å². The summed E-state index contributed by atoms with van der Waals surface area (Å²) in [6.07, 6.45) is 3.66. The minimum atomic E-state index is -1.16. The lowest BCUT2D eigenvalue weighted by Crippen LogP contribution is -2.52. The Bertz CT molecular complexity index is 845. The van der Waals surface area contributed by atoms with Crippen molar-refractivity contribution in [2.75, 3.05) is 11.9 Å². The van der Waals surface area contributed by atoms with Gasteiger partial charge in [0, 0.05) is 24.4 Å². The van der Waals surface area contributed by atoms with Crippen LogP contribution in [0.1, 0.15) is 31.2 Å². The average molecular weight is 319 g/mol. The van der Waals surface area contributed by atoms with Gasteiger partial charge in [-0.05, 0) is 18.9 Å². The van der Waals surface area contributed by atoms with E-state index in [2.05, 4.69) is 6.07 Å². The lowest BCUT2D eigenvalue weighted by Gasteiger charge is -2.46. The molecule has 120 valence electrons. The van der Waals surface area contributed by atoms with Crippen LogP contribution < -0.4 is 4.90 Å². The smallest absolute Gasteiger partial charge is 0.276 e. The van der Waals surface area contributed by atoms with Gasteiger partial charge in [0.15, 0.2) is 0 Å². The number of para-hydroxylation sites is 1. The van der Waals surface area contributed by atoms with Gasteiger partial charge in [0.1, 0.15) is 6.07 Å². The number of rotatable bonds is 0. The first-order valence-corrected chi connectivity index (χ1v) is 8.26. The minimum Gasteiger partial charge on any atom is -0.461 e. The van der Waals surface area contributed by atoms with Gasteiger partial charge in [0.25, 0.3) is 5.91 Å². The van der Waals surface area contributed by atoms with E-state index in [1.165, 1.54) is 0 Å². The molecule has 1 aromatic carbocycles. The fourth-order valence-corrected chi connectivity index (χ4v) is 4.65. The number of amides is 1. The van der Waals surface area contributed by atoms with E-state index in [4.69, 9.17) is 4.74 Å². The molecule has 0 radical (unpaired) electrons. The van der Waals surface area contributed by atoms with Gasteiger partial charge >= 0.3 is 0 Å². The largest absolute Gasteiger partial charge is 0.461 e. The van der Waals surface area contributed by atoms with Crippen molar-refractivity contribution in [3.8, 4) is 12.1 Å². The molecule has 0 saturated heterocycles. The molecule has 3 unspecified atom stereocenters. The molecule has 5 nitrogen and oxygen atoms in total. The molecule has 0 aromatic heterocycles. The van der Waals surface area contributed by atoms with E-state index in [9.17, 15) is 15.3 Å². The highest BCUT2D eigenvalue weighted by molar-refractivity contribution is 6.07. The second kappa shape index (κ2) is 5.11. The second-order valence-corrected chi connectivity index (χ2v) is 6.68. The highest BCUT2D eigenvalue weighted by atomic mass is 16.5. The number of likely N-dealkylation sites (N-methyl/N-ethyl adjacent to an activating group) is 1. The average Bonchev–Trinajstić information content (AvgIpc) is 2.85. The Labute approximate surface area is 140 Å². The fraction of sp³-hybridized carbons (Fsp3) is 0.421. The number of ether oxygens (including phenoxy) is 1. The van der Waals surface area contributed by atoms with E-state index >= 15 is 0 Å². The molecule has 1 aliphatic carbocycles. The van der Waals surface area contributed by atoms with Crippen LogP contribution in [-0.4, -0.2) is 13.0 Å². The van der Waals surface area contributed by atoms with E-state index in [-0.39, 0.29) is 23.5 Å². The number of nitrogens with zero attached hydrogens (tertiary/aromatic N) is 3. The molecule has 1 amide bonds. The third-order valence-electron chi connectivity index (χ3n) is 5.68. The van der Waals surface area contributed by atoms with E-state index < -0.39 is 5.60 Å². The van der Waals surface area contributed by atoms with Crippen LogP contribution in [-0.2, 0) is 15.1 Å². The van der Waals surface area contributed by atoms with Gasteiger partial charge < -0.3 is 9.64 Å². The molecule has 1 spiro atoms. The molecule has 0 N–H and O–H groups in total. The number of hydrogen-bond acceptors (Lipinski definition) is 4. The molecule has 24 heavy (non-hydrogen) atoms. The summed E-state index contributed by atoms with van der Waals surface area (Å²) in [4.78, 5) is 14.9. The van der Waals surface area contributed by atoms with Crippen molar-refractivity contribution in [1.29, 1.82) is 10.5 Å². The molecular formula is C19H17N3O2. The Morgan fingerprint density at radius 2 is 1.96 bits per heavy atom. The molecular weight excluding hydrogens is 302 g/mol. The van der Waals surface area contributed by atoms with Crippen LogP contribution in [0.2, 0.25) is 0 Å².